The van der Waals surface area contributed by atoms with Crippen LogP contribution in [0.25, 0.3) is 0 Å². The molecule has 3 aromatic carbocycles. The minimum atomic E-state index is -0.837. The summed E-state index contributed by atoms with van der Waals surface area (Å²) in [5, 5.41) is 3.47. The smallest absolute Gasteiger partial charge is 0.243 e. The summed E-state index contributed by atoms with van der Waals surface area (Å²) in [7, 11) is 0. The normalized spacial score (nSPS) is 12.1. The number of halogens is 2. The van der Waals surface area contributed by atoms with Crippen LogP contribution < -0.4 is 5.32 Å². The number of hydrogen-bond donors (Lipinski definition) is 1. The first-order valence-electron chi connectivity index (χ1n) is 11.3. The highest BCUT2D eigenvalue weighted by molar-refractivity contribution is 6.31. The molecule has 1 N–H and O–H groups in total. The zero-order valence-corrected chi connectivity index (χ0v) is 20.5. The predicted molar refractivity (Wildman–Crippen MR) is 134 cm³/mol. The number of carbonyl (C=O) groups excluding carboxylic acids is 2. The standard InChI is InChI=1S/C28H30ClFN2O2/c1-28(2,3)31-27(34)25(17-20-11-5-4-6-12-20)32(19-22-14-8-10-16-24(22)30)26(33)18-21-13-7-9-15-23(21)29/h4-16,25H,17-19H2,1-3H3,(H,31,34). The van der Waals surface area contributed by atoms with Gasteiger partial charge in [0, 0.05) is 29.1 Å². The van der Waals surface area contributed by atoms with Crippen LogP contribution in [0.1, 0.15) is 37.5 Å². The summed E-state index contributed by atoms with van der Waals surface area (Å²) in [4.78, 5) is 28.6. The number of rotatable bonds is 8. The van der Waals surface area contributed by atoms with Crippen molar-refractivity contribution in [3.8, 4) is 0 Å². The van der Waals surface area contributed by atoms with Crippen molar-refractivity contribution in [2.75, 3.05) is 0 Å². The second kappa shape index (κ2) is 11.3. The lowest BCUT2D eigenvalue weighted by Crippen LogP contribution is -2.54. The van der Waals surface area contributed by atoms with Crippen molar-refractivity contribution in [2.24, 2.45) is 0 Å². The highest BCUT2D eigenvalue weighted by Crippen LogP contribution is 2.21. The van der Waals surface area contributed by atoms with Gasteiger partial charge in [-0.15, -0.1) is 0 Å². The zero-order chi connectivity index (χ0) is 24.7. The third kappa shape index (κ3) is 7.16. The van der Waals surface area contributed by atoms with Crippen molar-refractivity contribution in [2.45, 2.75) is 51.7 Å². The van der Waals surface area contributed by atoms with Gasteiger partial charge >= 0.3 is 0 Å². The first-order valence-corrected chi connectivity index (χ1v) is 11.6. The summed E-state index contributed by atoms with van der Waals surface area (Å²) in [5.74, 6) is -1.02. The molecule has 178 valence electrons. The Morgan fingerprint density at radius 1 is 0.912 bits per heavy atom. The molecule has 3 aromatic rings. The van der Waals surface area contributed by atoms with E-state index in [1.165, 1.54) is 11.0 Å². The highest BCUT2D eigenvalue weighted by Gasteiger charge is 2.32. The Hall–Kier alpha value is -3.18. The third-order valence-electron chi connectivity index (χ3n) is 5.37. The Morgan fingerprint density at radius 3 is 2.12 bits per heavy atom. The van der Waals surface area contributed by atoms with Crippen molar-refractivity contribution < 1.29 is 14.0 Å². The number of amides is 2. The van der Waals surface area contributed by atoms with Gasteiger partial charge in [-0.25, -0.2) is 4.39 Å². The largest absolute Gasteiger partial charge is 0.350 e. The van der Waals surface area contributed by atoms with Crippen molar-refractivity contribution in [3.05, 3.63) is 106 Å². The van der Waals surface area contributed by atoms with Crippen molar-refractivity contribution in [1.29, 1.82) is 0 Å². The molecule has 0 radical (unpaired) electrons. The van der Waals surface area contributed by atoms with E-state index >= 15 is 0 Å². The molecule has 1 atom stereocenters. The number of benzene rings is 3. The molecule has 0 fully saturated rings. The summed E-state index contributed by atoms with van der Waals surface area (Å²) >= 11 is 6.31. The van der Waals surface area contributed by atoms with Gasteiger partial charge in [0.1, 0.15) is 11.9 Å². The first kappa shape index (κ1) is 25.4. The fourth-order valence-electron chi connectivity index (χ4n) is 3.72. The molecule has 0 aliphatic rings. The van der Waals surface area contributed by atoms with Gasteiger partial charge in [-0.3, -0.25) is 9.59 Å². The van der Waals surface area contributed by atoms with Crippen LogP contribution in [0.15, 0.2) is 78.9 Å². The Balaban J connectivity index is 2.01. The maximum Gasteiger partial charge on any atom is 0.243 e. The van der Waals surface area contributed by atoms with Crippen molar-refractivity contribution >= 4 is 23.4 Å². The molecular weight excluding hydrogens is 451 g/mol. The molecule has 0 aliphatic heterocycles. The van der Waals surface area contributed by atoms with Gasteiger partial charge in [-0.05, 0) is 44.0 Å². The average molecular weight is 481 g/mol. The number of nitrogens with zero attached hydrogens (tertiary/aromatic N) is 1. The van der Waals surface area contributed by atoms with Crippen molar-refractivity contribution in [1.82, 2.24) is 10.2 Å². The minimum absolute atomic E-state index is 0.00220. The molecule has 1 unspecified atom stereocenters. The molecule has 0 heterocycles. The molecule has 0 saturated heterocycles. The number of nitrogens with one attached hydrogen (secondary N) is 1. The fraction of sp³-hybridized carbons (Fsp3) is 0.286. The Kier molecular flexibility index (Phi) is 8.46. The Morgan fingerprint density at radius 2 is 1.50 bits per heavy atom. The van der Waals surface area contributed by atoms with Crippen LogP contribution in [0, 0.1) is 5.82 Å². The van der Waals surface area contributed by atoms with Crippen LogP contribution in [0.5, 0.6) is 0 Å². The van der Waals surface area contributed by atoms with E-state index in [-0.39, 0.29) is 24.8 Å². The first-order chi connectivity index (χ1) is 16.1. The third-order valence-corrected chi connectivity index (χ3v) is 5.74. The Bertz CT molecular complexity index is 1130. The summed E-state index contributed by atoms with van der Waals surface area (Å²) in [6, 6.07) is 22.1. The summed E-state index contributed by atoms with van der Waals surface area (Å²) in [6.07, 6.45) is 0.299. The molecule has 0 saturated carbocycles. The lowest BCUT2D eigenvalue weighted by atomic mass is 9.99. The zero-order valence-electron chi connectivity index (χ0n) is 19.7. The lowest BCUT2D eigenvalue weighted by Gasteiger charge is -2.34. The van der Waals surface area contributed by atoms with E-state index in [0.717, 1.165) is 5.56 Å². The highest BCUT2D eigenvalue weighted by atomic mass is 35.5. The van der Waals surface area contributed by atoms with Gasteiger partial charge in [-0.2, -0.15) is 0 Å². The van der Waals surface area contributed by atoms with Gasteiger partial charge in [0.2, 0.25) is 11.8 Å². The van der Waals surface area contributed by atoms with Crippen molar-refractivity contribution in [3.63, 3.8) is 0 Å². The molecular formula is C28H30ClFN2O2. The van der Waals surface area contributed by atoms with Crippen LogP contribution >= 0.6 is 11.6 Å². The molecule has 2 amide bonds. The SMILES string of the molecule is CC(C)(C)NC(=O)C(Cc1ccccc1)N(Cc1ccccc1F)C(=O)Cc1ccccc1Cl. The second-order valence-electron chi connectivity index (χ2n) is 9.33. The summed E-state index contributed by atoms with van der Waals surface area (Å²) < 4.78 is 14.6. The molecule has 0 spiro atoms. The molecule has 0 bridgehead atoms. The molecule has 34 heavy (non-hydrogen) atoms. The number of hydrogen-bond acceptors (Lipinski definition) is 2. The van der Waals surface area contributed by atoms with E-state index < -0.39 is 17.4 Å². The van der Waals surface area contributed by atoms with E-state index in [4.69, 9.17) is 11.6 Å². The molecule has 0 aliphatic carbocycles. The van der Waals surface area contributed by atoms with E-state index in [9.17, 15) is 14.0 Å². The average Bonchev–Trinajstić information content (AvgIpc) is 2.78. The van der Waals surface area contributed by atoms with Gasteiger partial charge < -0.3 is 10.2 Å². The van der Waals surface area contributed by atoms with Gasteiger partial charge in [0.05, 0.1) is 6.42 Å². The van der Waals surface area contributed by atoms with Gasteiger partial charge in [0.15, 0.2) is 0 Å². The quantitative estimate of drug-likeness (QED) is 0.457. The molecule has 4 nitrogen and oxygen atoms in total. The molecule has 6 heteroatoms. The van der Waals surface area contributed by atoms with E-state index in [1.807, 2.05) is 57.2 Å². The van der Waals surface area contributed by atoms with E-state index in [0.29, 0.717) is 22.6 Å². The monoisotopic (exact) mass is 480 g/mol. The lowest BCUT2D eigenvalue weighted by molar-refractivity contribution is -0.141. The van der Waals surface area contributed by atoms with Crippen LogP contribution in [-0.2, 0) is 29.0 Å². The van der Waals surface area contributed by atoms with Crippen LogP contribution in [0.2, 0.25) is 5.02 Å². The fourth-order valence-corrected chi connectivity index (χ4v) is 3.93. The maximum atomic E-state index is 14.6. The summed E-state index contributed by atoms with van der Waals surface area (Å²) in [5.41, 5.74) is 1.40. The van der Waals surface area contributed by atoms with E-state index in [1.54, 1.807) is 36.4 Å². The minimum Gasteiger partial charge on any atom is -0.350 e. The topological polar surface area (TPSA) is 49.4 Å². The van der Waals surface area contributed by atoms with Crippen LogP contribution in [0.4, 0.5) is 4.39 Å². The van der Waals surface area contributed by atoms with Crippen LogP contribution in [-0.4, -0.2) is 28.3 Å². The van der Waals surface area contributed by atoms with Gasteiger partial charge in [-0.1, -0.05) is 78.3 Å². The predicted octanol–water partition coefficient (Wildman–Crippen LogP) is 5.58. The molecule has 0 aromatic heterocycles. The Labute approximate surface area is 205 Å². The van der Waals surface area contributed by atoms with E-state index in [2.05, 4.69) is 5.32 Å². The second-order valence-corrected chi connectivity index (χ2v) is 9.73. The number of carbonyl (C=O) groups is 2. The molecule has 3 rings (SSSR count). The van der Waals surface area contributed by atoms with Crippen LogP contribution in [0.3, 0.4) is 0 Å². The summed E-state index contributed by atoms with van der Waals surface area (Å²) in [6.45, 7) is 5.62. The maximum absolute atomic E-state index is 14.6. The van der Waals surface area contributed by atoms with Gasteiger partial charge in [0.25, 0.3) is 0 Å².